The number of aromatic nitrogens is 1. The Hall–Kier alpha value is -1.88. The minimum absolute atomic E-state index is 0.0103. The van der Waals surface area contributed by atoms with Crippen molar-refractivity contribution in [1.82, 2.24) is 10.3 Å². The molecule has 0 aliphatic heterocycles. The number of nitrogens with zero attached hydrogens (tertiary/aromatic N) is 1. The summed E-state index contributed by atoms with van der Waals surface area (Å²) < 4.78 is 0. The molecule has 2 rings (SSSR count). The van der Waals surface area contributed by atoms with Crippen LogP contribution in [0.5, 0.6) is 0 Å². The molecule has 1 amide bonds. The highest BCUT2D eigenvalue weighted by molar-refractivity contribution is 7.09. The molecule has 1 unspecified atom stereocenters. The number of likely N-dealkylation sites (N-methyl/N-ethyl adjacent to an activating group) is 1. The molecule has 2 N–H and O–H groups in total. The van der Waals surface area contributed by atoms with Crippen molar-refractivity contribution in [2.24, 2.45) is 0 Å². The number of para-hydroxylation sites is 1. The summed E-state index contributed by atoms with van der Waals surface area (Å²) in [5.74, 6) is 0.0103. The Morgan fingerprint density at radius 3 is 2.89 bits per heavy atom. The molecule has 100 valence electrons. The zero-order valence-corrected chi connectivity index (χ0v) is 11.8. The first-order chi connectivity index (χ1) is 9.20. The van der Waals surface area contributed by atoms with Crippen LogP contribution < -0.4 is 10.6 Å². The van der Waals surface area contributed by atoms with Crippen LogP contribution in [0.3, 0.4) is 0 Å². The highest BCUT2D eigenvalue weighted by Gasteiger charge is 2.11. The normalized spacial score (nSPS) is 11.9. The molecule has 4 nitrogen and oxygen atoms in total. The summed E-state index contributed by atoms with van der Waals surface area (Å²) >= 11 is 1.62. The second kappa shape index (κ2) is 6.33. The number of amides is 1. The lowest BCUT2D eigenvalue weighted by Gasteiger charge is -2.16. The van der Waals surface area contributed by atoms with E-state index in [-0.39, 0.29) is 11.9 Å². The number of carbonyl (C=O) groups excluding carboxylic acids is 1. The van der Waals surface area contributed by atoms with E-state index in [2.05, 4.69) is 22.5 Å². The number of rotatable bonds is 5. The number of carbonyl (C=O) groups is 1. The van der Waals surface area contributed by atoms with Crippen molar-refractivity contribution in [2.75, 3.05) is 12.4 Å². The predicted octanol–water partition coefficient (Wildman–Crippen LogP) is 2.60. The van der Waals surface area contributed by atoms with Crippen molar-refractivity contribution in [1.29, 1.82) is 0 Å². The molecule has 1 aromatic heterocycles. The third-order valence-electron chi connectivity index (χ3n) is 2.84. The predicted molar refractivity (Wildman–Crippen MR) is 78.4 cm³/mol. The molecule has 0 spiro atoms. The molecule has 0 aliphatic rings. The van der Waals surface area contributed by atoms with E-state index in [0.717, 1.165) is 16.3 Å². The number of nitrogens with one attached hydrogen (secondary N) is 2. The topological polar surface area (TPSA) is 54.0 Å². The summed E-state index contributed by atoms with van der Waals surface area (Å²) in [5.41, 5.74) is 1.97. The van der Waals surface area contributed by atoms with Gasteiger partial charge in [0.1, 0.15) is 5.01 Å². The van der Waals surface area contributed by atoms with Crippen molar-refractivity contribution in [3.05, 3.63) is 46.4 Å². The van der Waals surface area contributed by atoms with Crippen LogP contribution in [0.15, 0.2) is 35.8 Å². The molecule has 5 heteroatoms. The fourth-order valence-electron chi connectivity index (χ4n) is 1.82. The van der Waals surface area contributed by atoms with Gasteiger partial charge >= 0.3 is 0 Å². The van der Waals surface area contributed by atoms with Crippen LogP contribution in [0.1, 0.15) is 23.5 Å². The molecule has 19 heavy (non-hydrogen) atoms. The van der Waals surface area contributed by atoms with Crippen molar-refractivity contribution in [3.8, 4) is 0 Å². The Morgan fingerprint density at radius 2 is 2.21 bits per heavy atom. The number of hydrogen-bond donors (Lipinski definition) is 2. The first kappa shape index (κ1) is 13.5. The van der Waals surface area contributed by atoms with Gasteiger partial charge in [-0.1, -0.05) is 18.2 Å². The molecule has 0 saturated heterocycles. The highest BCUT2D eigenvalue weighted by atomic mass is 32.1. The van der Waals surface area contributed by atoms with Crippen molar-refractivity contribution < 1.29 is 4.79 Å². The molecule has 0 fully saturated rings. The largest absolute Gasteiger partial charge is 0.376 e. The van der Waals surface area contributed by atoms with Gasteiger partial charge in [0.2, 0.25) is 5.91 Å². The van der Waals surface area contributed by atoms with Gasteiger partial charge < -0.3 is 10.6 Å². The molecule has 0 bridgehead atoms. The second-order valence-electron chi connectivity index (χ2n) is 4.24. The first-order valence-electron chi connectivity index (χ1n) is 6.15. The molecule has 0 saturated carbocycles. The van der Waals surface area contributed by atoms with Crippen LogP contribution in [0.4, 0.5) is 5.69 Å². The summed E-state index contributed by atoms with van der Waals surface area (Å²) in [5, 5.41) is 9.05. The molecular weight excluding hydrogens is 258 g/mol. The fourth-order valence-corrected chi connectivity index (χ4v) is 2.47. The van der Waals surface area contributed by atoms with Gasteiger partial charge in [-0.05, 0) is 18.6 Å². The Labute approximate surface area is 116 Å². The van der Waals surface area contributed by atoms with Gasteiger partial charge in [-0.3, -0.25) is 4.79 Å². The third kappa shape index (κ3) is 3.54. The van der Waals surface area contributed by atoms with Crippen LogP contribution >= 0.6 is 11.3 Å². The maximum absolute atomic E-state index is 11.5. The maximum atomic E-state index is 11.5. The van der Waals surface area contributed by atoms with Crippen molar-refractivity contribution >= 4 is 22.9 Å². The maximum Gasteiger partial charge on any atom is 0.224 e. The number of thiazole rings is 1. The van der Waals surface area contributed by atoms with Crippen LogP contribution in [-0.4, -0.2) is 17.9 Å². The lowest BCUT2D eigenvalue weighted by molar-refractivity contribution is -0.119. The van der Waals surface area contributed by atoms with Crippen LogP contribution in [0, 0.1) is 0 Å². The lowest BCUT2D eigenvalue weighted by atomic mass is 10.1. The van der Waals surface area contributed by atoms with E-state index >= 15 is 0 Å². The van der Waals surface area contributed by atoms with E-state index in [1.165, 1.54) is 0 Å². The van der Waals surface area contributed by atoms with Gasteiger partial charge in [-0.25, -0.2) is 4.98 Å². The molecule has 1 atom stereocenters. The van der Waals surface area contributed by atoms with Gasteiger partial charge in [-0.2, -0.15) is 0 Å². The van der Waals surface area contributed by atoms with E-state index in [1.54, 1.807) is 24.6 Å². The Morgan fingerprint density at radius 1 is 1.42 bits per heavy atom. The van der Waals surface area contributed by atoms with Gasteiger partial charge in [0.25, 0.3) is 0 Å². The molecule has 0 radical (unpaired) electrons. The first-order valence-corrected chi connectivity index (χ1v) is 7.03. The molecule has 1 aromatic carbocycles. The van der Waals surface area contributed by atoms with E-state index in [9.17, 15) is 4.79 Å². The fraction of sp³-hybridized carbons (Fsp3) is 0.286. The summed E-state index contributed by atoms with van der Waals surface area (Å²) in [6.07, 6.45) is 2.18. The van der Waals surface area contributed by atoms with E-state index in [1.807, 2.05) is 29.6 Å². The third-order valence-corrected chi connectivity index (χ3v) is 3.80. The van der Waals surface area contributed by atoms with Crippen molar-refractivity contribution in [2.45, 2.75) is 19.4 Å². The van der Waals surface area contributed by atoms with Gasteiger partial charge in [-0.15, -0.1) is 11.3 Å². The number of hydrogen-bond acceptors (Lipinski definition) is 4. The Bertz CT molecular complexity index is 539. The summed E-state index contributed by atoms with van der Waals surface area (Å²) in [4.78, 5) is 15.8. The Balaban J connectivity index is 2.13. The minimum atomic E-state index is 0.0103. The zero-order chi connectivity index (χ0) is 13.7. The van der Waals surface area contributed by atoms with Crippen LogP contribution in [-0.2, 0) is 11.2 Å². The number of benzene rings is 1. The number of anilines is 1. The van der Waals surface area contributed by atoms with E-state index in [0.29, 0.717) is 6.42 Å². The van der Waals surface area contributed by atoms with Gasteiger partial charge in [0.15, 0.2) is 0 Å². The molecular formula is C14H17N3OS. The molecule has 0 aliphatic carbocycles. The SMILES string of the molecule is CNC(=O)Cc1ccccc1NC(C)c1nccs1. The Kier molecular flexibility index (Phi) is 4.52. The standard InChI is InChI=1S/C14H17N3OS/c1-10(14-16-7-8-19-14)17-12-6-4-3-5-11(12)9-13(18)15-2/h3-8,10,17H,9H2,1-2H3,(H,15,18). The highest BCUT2D eigenvalue weighted by Crippen LogP contribution is 2.23. The van der Waals surface area contributed by atoms with Crippen LogP contribution in [0.2, 0.25) is 0 Å². The van der Waals surface area contributed by atoms with Gasteiger partial charge in [0, 0.05) is 24.3 Å². The summed E-state index contributed by atoms with van der Waals surface area (Å²) in [7, 11) is 1.65. The quantitative estimate of drug-likeness (QED) is 0.882. The molecule has 2 aromatic rings. The van der Waals surface area contributed by atoms with Crippen molar-refractivity contribution in [3.63, 3.8) is 0 Å². The lowest BCUT2D eigenvalue weighted by Crippen LogP contribution is -2.20. The average Bonchev–Trinajstić information content (AvgIpc) is 2.95. The van der Waals surface area contributed by atoms with E-state index < -0.39 is 0 Å². The average molecular weight is 275 g/mol. The minimum Gasteiger partial charge on any atom is -0.376 e. The summed E-state index contributed by atoms with van der Waals surface area (Å²) in [6, 6.07) is 7.99. The van der Waals surface area contributed by atoms with E-state index in [4.69, 9.17) is 0 Å². The van der Waals surface area contributed by atoms with Crippen LogP contribution in [0.25, 0.3) is 0 Å². The van der Waals surface area contributed by atoms with Gasteiger partial charge in [0.05, 0.1) is 12.5 Å². The molecule has 1 heterocycles. The summed E-state index contributed by atoms with van der Waals surface area (Å²) in [6.45, 7) is 2.06. The monoisotopic (exact) mass is 275 g/mol. The second-order valence-corrected chi connectivity index (χ2v) is 5.17. The zero-order valence-electron chi connectivity index (χ0n) is 11.0. The smallest absolute Gasteiger partial charge is 0.224 e.